The summed E-state index contributed by atoms with van der Waals surface area (Å²) in [5, 5.41) is 10.6. The number of carbonyl (C=O) groups excluding carboxylic acids is 2. The van der Waals surface area contributed by atoms with Crippen LogP contribution in [0.25, 0.3) is 17.0 Å². The Bertz CT molecular complexity index is 1110. The van der Waals surface area contributed by atoms with Crippen molar-refractivity contribution in [1.82, 2.24) is 14.8 Å². The van der Waals surface area contributed by atoms with Crippen LogP contribution in [0.15, 0.2) is 57.9 Å². The van der Waals surface area contributed by atoms with Crippen LogP contribution in [0.4, 0.5) is 5.69 Å². The molecule has 0 aliphatic heterocycles. The molecule has 0 aromatic carbocycles. The molecule has 4 rings (SSSR count). The second kappa shape index (κ2) is 6.79. The van der Waals surface area contributed by atoms with Gasteiger partial charge >= 0.3 is 5.97 Å². The molecule has 4 aromatic heterocycles. The highest BCUT2D eigenvalue weighted by atomic mass is 16.5. The van der Waals surface area contributed by atoms with Gasteiger partial charge in [0.2, 0.25) is 5.76 Å². The monoisotopic (exact) mass is 366 g/mol. The van der Waals surface area contributed by atoms with Gasteiger partial charge in [0.1, 0.15) is 5.56 Å². The van der Waals surface area contributed by atoms with Gasteiger partial charge in [0.05, 0.1) is 24.6 Å². The molecule has 0 radical (unpaired) electrons. The lowest BCUT2D eigenvalue weighted by molar-refractivity contribution is 0.0528. The van der Waals surface area contributed by atoms with Crippen LogP contribution in [-0.2, 0) is 4.74 Å². The largest absolute Gasteiger partial charge is 0.462 e. The number of nitrogens with one attached hydrogen (secondary N) is 1. The van der Waals surface area contributed by atoms with Crippen molar-refractivity contribution in [2.75, 3.05) is 11.9 Å². The van der Waals surface area contributed by atoms with Crippen LogP contribution in [0.3, 0.4) is 0 Å². The summed E-state index contributed by atoms with van der Waals surface area (Å²) in [6.07, 6.45) is 4.55. The van der Waals surface area contributed by atoms with Crippen LogP contribution < -0.4 is 5.32 Å². The zero-order chi connectivity index (χ0) is 18.8. The summed E-state index contributed by atoms with van der Waals surface area (Å²) in [4.78, 5) is 24.4. The third-order valence-corrected chi connectivity index (χ3v) is 3.78. The molecule has 0 saturated carbocycles. The van der Waals surface area contributed by atoms with Crippen LogP contribution >= 0.6 is 0 Å². The Morgan fingerprint density at radius 1 is 1.26 bits per heavy atom. The minimum absolute atomic E-state index is 0.0976. The van der Waals surface area contributed by atoms with Crippen molar-refractivity contribution >= 4 is 23.1 Å². The Labute approximate surface area is 152 Å². The quantitative estimate of drug-likeness (QED) is 0.540. The molecule has 1 N–H and O–H groups in total. The Morgan fingerprint density at radius 3 is 2.93 bits per heavy atom. The summed E-state index contributed by atoms with van der Waals surface area (Å²) in [5.74, 6) is -0.115. The number of nitrogens with zero attached hydrogens (tertiary/aromatic N) is 3. The molecule has 0 saturated heterocycles. The fourth-order valence-electron chi connectivity index (χ4n) is 2.54. The van der Waals surface area contributed by atoms with E-state index in [9.17, 15) is 9.59 Å². The van der Waals surface area contributed by atoms with Crippen LogP contribution in [0.2, 0.25) is 0 Å². The molecule has 9 heteroatoms. The lowest BCUT2D eigenvalue weighted by Gasteiger charge is -2.04. The molecule has 0 bridgehead atoms. The van der Waals surface area contributed by atoms with Crippen molar-refractivity contribution in [3.8, 4) is 11.5 Å². The Balaban J connectivity index is 1.57. The first-order valence-corrected chi connectivity index (χ1v) is 8.12. The number of aromatic nitrogens is 3. The second-order valence-corrected chi connectivity index (χ2v) is 5.53. The number of furan rings is 1. The van der Waals surface area contributed by atoms with E-state index in [-0.39, 0.29) is 12.3 Å². The van der Waals surface area contributed by atoms with Gasteiger partial charge in [0.15, 0.2) is 11.5 Å². The predicted molar refractivity (Wildman–Crippen MR) is 93.3 cm³/mol. The van der Waals surface area contributed by atoms with Gasteiger partial charge in [-0.05, 0) is 31.2 Å². The molecular weight excluding hydrogens is 352 g/mol. The van der Waals surface area contributed by atoms with E-state index < -0.39 is 11.9 Å². The van der Waals surface area contributed by atoms with E-state index in [1.807, 2.05) is 0 Å². The van der Waals surface area contributed by atoms with E-state index in [0.717, 1.165) is 0 Å². The summed E-state index contributed by atoms with van der Waals surface area (Å²) in [6, 6.07) is 8.17. The van der Waals surface area contributed by atoms with Crippen LogP contribution in [0, 0.1) is 0 Å². The number of amides is 1. The Morgan fingerprint density at radius 2 is 2.15 bits per heavy atom. The molecule has 9 nitrogen and oxygen atoms in total. The molecule has 0 aliphatic carbocycles. The van der Waals surface area contributed by atoms with Gasteiger partial charge in [-0.25, -0.2) is 9.31 Å². The maximum Gasteiger partial charge on any atom is 0.341 e. The molecule has 136 valence electrons. The normalized spacial score (nSPS) is 10.9. The standard InChI is InChI=1S/C18H14N4O5/c1-2-25-18(24)12-10-19-22-6-5-11(8-14(12)22)20-17(23)13-9-16(27-21-13)15-4-3-7-26-15/h3-10H,2H2,1H3,(H,20,23). The van der Waals surface area contributed by atoms with Crippen molar-refractivity contribution in [2.24, 2.45) is 0 Å². The molecule has 0 fully saturated rings. The van der Waals surface area contributed by atoms with Gasteiger partial charge in [0, 0.05) is 18.0 Å². The van der Waals surface area contributed by atoms with E-state index in [0.29, 0.717) is 28.3 Å². The smallest absolute Gasteiger partial charge is 0.341 e. The highest BCUT2D eigenvalue weighted by Gasteiger charge is 2.17. The fraction of sp³-hybridized carbons (Fsp3) is 0.111. The number of fused-ring (bicyclic) bond motifs is 1. The summed E-state index contributed by atoms with van der Waals surface area (Å²) in [7, 11) is 0. The van der Waals surface area contributed by atoms with Crippen LogP contribution in [0.5, 0.6) is 0 Å². The average Bonchev–Trinajstić information content (AvgIpc) is 3.40. The third kappa shape index (κ3) is 3.17. The molecule has 0 spiro atoms. The zero-order valence-electron chi connectivity index (χ0n) is 14.2. The van der Waals surface area contributed by atoms with E-state index in [1.165, 1.54) is 23.0 Å². The number of rotatable bonds is 5. The molecular formula is C18H14N4O5. The summed E-state index contributed by atoms with van der Waals surface area (Å²) in [5.41, 5.74) is 1.40. The van der Waals surface area contributed by atoms with Crippen LogP contribution in [-0.4, -0.2) is 33.3 Å². The van der Waals surface area contributed by atoms with Gasteiger partial charge < -0.3 is 19.0 Å². The van der Waals surface area contributed by atoms with Gasteiger partial charge in [-0.3, -0.25) is 4.79 Å². The molecule has 4 aromatic rings. The molecule has 0 unspecified atom stereocenters. The first-order valence-electron chi connectivity index (χ1n) is 8.12. The molecule has 4 heterocycles. The predicted octanol–water partition coefficient (Wildman–Crippen LogP) is 3.01. The number of hydrogen-bond acceptors (Lipinski definition) is 7. The first-order chi connectivity index (χ1) is 13.2. The number of ether oxygens (including phenoxy) is 1. The topological polar surface area (TPSA) is 112 Å². The zero-order valence-corrected chi connectivity index (χ0v) is 14.2. The van der Waals surface area contributed by atoms with Crippen molar-refractivity contribution in [1.29, 1.82) is 0 Å². The number of anilines is 1. The van der Waals surface area contributed by atoms with Gasteiger partial charge in [-0.1, -0.05) is 5.16 Å². The third-order valence-electron chi connectivity index (χ3n) is 3.78. The lowest BCUT2D eigenvalue weighted by atomic mass is 10.2. The van der Waals surface area contributed by atoms with Gasteiger partial charge in [-0.15, -0.1) is 0 Å². The van der Waals surface area contributed by atoms with E-state index >= 15 is 0 Å². The number of hydrogen-bond donors (Lipinski definition) is 1. The summed E-state index contributed by atoms with van der Waals surface area (Å²) >= 11 is 0. The fourth-order valence-corrected chi connectivity index (χ4v) is 2.54. The van der Waals surface area contributed by atoms with Crippen LogP contribution in [0.1, 0.15) is 27.8 Å². The molecule has 0 aliphatic rings. The van der Waals surface area contributed by atoms with E-state index in [2.05, 4.69) is 15.6 Å². The number of carbonyl (C=O) groups is 2. The minimum Gasteiger partial charge on any atom is -0.462 e. The number of esters is 1. The second-order valence-electron chi connectivity index (χ2n) is 5.53. The molecule has 27 heavy (non-hydrogen) atoms. The number of pyridine rings is 1. The minimum atomic E-state index is -0.476. The van der Waals surface area contributed by atoms with Gasteiger partial charge in [0.25, 0.3) is 5.91 Å². The van der Waals surface area contributed by atoms with Crippen molar-refractivity contribution in [3.63, 3.8) is 0 Å². The Hall–Kier alpha value is -3.88. The highest BCUT2D eigenvalue weighted by molar-refractivity contribution is 6.04. The maximum atomic E-state index is 12.4. The molecule has 1 amide bonds. The molecule has 0 atom stereocenters. The van der Waals surface area contributed by atoms with Gasteiger partial charge in [-0.2, -0.15) is 5.10 Å². The SMILES string of the molecule is CCOC(=O)c1cnn2ccc(NC(=O)c3cc(-c4ccco4)on3)cc12. The summed E-state index contributed by atoms with van der Waals surface area (Å²) < 4.78 is 16.9. The lowest BCUT2D eigenvalue weighted by Crippen LogP contribution is -2.12. The summed E-state index contributed by atoms with van der Waals surface area (Å²) in [6.45, 7) is 1.99. The van der Waals surface area contributed by atoms with Crippen molar-refractivity contribution < 1.29 is 23.3 Å². The Kier molecular flexibility index (Phi) is 4.17. The van der Waals surface area contributed by atoms with E-state index in [4.69, 9.17) is 13.7 Å². The first kappa shape index (κ1) is 16.6. The average molecular weight is 366 g/mol. The maximum absolute atomic E-state index is 12.4. The van der Waals surface area contributed by atoms with E-state index in [1.54, 1.807) is 37.4 Å². The van der Waals surface area contributed by atoms with Crippen molar-refractivity contribution in [3.05, 3.63) is 60.2 Å². The highest BCUT2D eigenvalue weighted by Crippen LogP contribution is 2.22. The van der Waals surface area contributed by atoms with Crippen molar-refractivity contribution in [2.45, 2.75) is 6.92 Å².